The van der Waals surface area contributed by atoms with Crippen LogP contribution in [0.4, 0.5) is 0 Å². The normalized spacial score (nSPS) is 52.7. The fourth-order valence-electron chi connectivity index (χ4n) is 14.5. The predicted octanol–water partition coefficient (Wildman–Crippen LogP) is -0.474. The van der Waals surface area contributed by atoms with E-state index in [1.54, 1.807) is 0 Å². The van der Waals surface area contributed by atoms with Crippen LogP contribution in [0.1, 0.15) is 107 Å². The van der Waals surface area contributed by atoms with E-state index in [-0.39, 0.29) is 48.1 Å². The predicted molar refractivity (Wildman–Crippen MR) is 230 cm³/mol. The monoisotopic (exact) mass is 954 g/mol. The van der Waals surface area contributed by atoms with Gasteiger partial charge >= 0.3 is 5.97 Å². The van der Waals surface area contributed by atoms with Crippen LogP contribution in [-0.2, 0) is 42.8 Å². The van der Waals surface area contributed by atoms with Gasteiger partial charge in [0.05, 0.1) is 30.8 Å². The molecular formula is C48H74O19. The van der Waals surface area contributed by atoms with E-state index in [0.29, 0.717) is 19.3 Å². The molecule has 4 saturated carbocycles. The lowest BCUT2D eigenvalue weighted by Gasteiger charge is -2.71. The molecule has 3 saturated heterocycles. The lowest BCUT2D eigenvalue weighted by atomic mass is 9.33. The molecule has 0 aromatic rings. The van der Waals surface area contributed by atoms with Gasteiger partial charge in [0.25, 0.3) is 0 Å². The van der Waals surface area contributed by atoms with Crippen LogP contribution < -0.4 is 0 Å². The number of carbonyl (C=O) groups excluding carboxylic acids is 3. The van der Waals surface area contributed by atoms with E-state index in [4.69, 9.17) is 28.4 Å². The molecule has 0 unspecified atom stereocenters. The second kappa shape index (κ2) is 17.6. The van der Waals surface area contributed by atoms with Crippen LogP contribution in [-0.4, -0.2) is 180 Å². The number of carbonyl (C=O) groups is 3. The molecule has 0 spiro atoms. The van der Waals surface area contributed by atoms with E-state index >= 15 is 0 Å². The van der Waals surface area contributed by atoms with Crippen LogP contribution in [0.2, 0.25) is 0 Å². The van der Waals surface area contributed by atoms with Gasteiger partial charge < -0.3 is 79.5 Å². The summed E-state index contributed by atoms with van der Waals surface area (Å²) in [5.41, 5.74) is -3.23. The summed E-state index contributed by atoms with van der Waals surface area (Å²) in [6, 6.07) is 0. The number of ether oxygens (including phenoxy) is 6. The van der Waals surface area contributed by atoms with Gasteiger partial charge in [-0.1, -0.05) is 60.1 Å². The van der Waals surface area contributed by atoms with Crippen molar-refractivity contribution in [2.75, 3.05) is 13.2 Å². The lowest BCUT2D eigenvalue weighted by Crippen LogP contribution is -2.68. The number of rotatable bonds is 8. The van der Waals surface area contributed by atoms with Crippen molar-refractivity contribution < 1.29 is 93.9 Å². The highest BCUT2D eigenvalue weighted by molar-refractivity contribution is 5.93. The van der Waals surface area contributed by atoms with Gasteiger partial charge in [-0.25, -0.2) is 0 Å². The molecular weight excluding hydrogens is 881 g/mol. The van der Waals surface area contributed by atoms with Crippen LogP contribution in [0.15, 0.2) is 11.6 Å². The number of aliphatic hydroxyl groups is 10. The molecule has 5 aliphatic carbocycles. The zero-order valence-electron chi connectivity index (χ0n) is 39.8. The standard InChI is InChI=1S/C48H74O19/c1-20-29(53)31(55)34(58)40(63-20)66-37-24(18-49)64-39(36(60)33(37)57)62-19-25-30(54)32(56)35(59)41(65-25)67-42(61)48-14-13-46(7)21(22(48)16-43(2,3)28(52)17-48)15-23(50)38-45(6)11-10-27(51)44(4,5)26(45)9-12-47(38,46)8/h15,20,22-26,29-41,49-50,53-60H,9-14,16-19H2,1-8H3/t20-,22-,23+,24-,25-,26-,29-,30-,31+,32+,33-,34-,35-,36-,37-,38+,39-,40+,41+,45-,46+,47+,48+/m0/s1. The third-order valence-electron chi connectivity index (χ3n) is 18.9. The highest BCUT2D eigenvalue weighted by Gasteiger charge is 2.72. The van der Waals surface area contributed by atoms with Crippen LogP contribution in [0, 0.1) is 50.2 Å². The van der Waals surface area contributed by atoms with Crippen LogP contribution in [0.25, 0.3) is 0 Å². The first kappa shape index (κ1) is 51.3. The maximum absolute atomic E-state index is 15.0. The molecule has 10 N–H and O–H groups in total. The highest BCUT2D eigenvalue weighted by atomic mass is 16.8. The molecule has 19 heteroatoms. The molecule has 0 amide bonds. The Bertz CT molecular complexity index is 1940. The van der Waals surface area contributed by atoms with E-state index in [9.17, 15) is 65.4 Å². The molecule has 0 radical (unpaired) electrons. The number of hydrogen-bond donors (Lipinski definition) is 10. The van der Waals surface area contributed by atoms with Crippen LogP contribution in [0.3, 0.4) is 0 Å². The van der Waals surface area contributed by atoms with Gasteiger partial charge in [-0.05, 0) is 73.5 Å². The van der Waals surface area contributed by atoms with Gasteiger partial charge in [-0.2, -0.15) is 0 Å². The van der Waals surface area contributed by atoms with Crippen molar-refractivity contribution >= 4 is 17.5 Å². The minimum atomic E-state index is -1.96. The largest absolute Gasteiger partial charge is 0.432 e. The summed E-state index contributed by atoms with van der Waals surface area (Å²) < 4.78 is 34.4. The third kappa shape index (κ3) is 7.84. The van der Waals surface area contributed by atoms with Gasteiger partial charge in [0.2, 0.25) is 6.29 Å². The van der Waals surface area contributed by atoms with E-state index in [1.807, 2.05) is 33.8 Å². The Morgan fingerprint density at radius 2 is 1.34 bits per heavy atom. The second-order valence-electron chi connectivity index (χ2n) is 23.2. The second-order valence-corrected chi connectivity index (χ2v) is 23.2. The first-order valence-electron chi connectivity index (χ1n) is 24.1. The Balaban J connectivity index is 1.00. The summed E-state index contributed by atoms with van der Waals surface area (Å²) in [5, 5.41) is 109. The Hall–Kier alpha value is -2.05. The molecule has 0 aromatic carbocycles. The third-order valence-corrected chi connectivity index (χ3v) is 18.9. The number of Topliss-reactive ketones (excluding diaryl/α,β-unsaturated/α-hetero) is 2. The molecule has 3 heterocycles. The fourth-order valence-corrected chi connectivity index (χ4v) is 14.5. The maximum Gasteiger partial charge on any atom is 0.315 e. The van der Waals surface area contributed by atoms with Gasteiger partial charge in [0.15, 0.2) is 12.6 Å². The molecule has 8 aliphatic rings. The minimum absolute atomic E-state index is 0.0768. The number of esters is 1. The molecule has 8 rings (SSSR count). The molecule has 0 aromatic heterocycles. The molecule has 0 bridgehead atoms. The molecule has 3 aliphatic heterocycles. The van der Waals surface area contributed by atoms with Crippen LogP contribution in [0.5, 0.6) is 0 Å². The molecule has 67 heavy (non-hydrogen) atoms. The summed E-state index contributed by atoms with van der Waals surface area (Å²) >= 11 is 0. The number of ketones is 2. The first-order chi connectivity index (χ1) is 31.1. The van der Waals surface area contributed by atoms with Gasteiger partial charge in [0.1, 0.15) is 78.7 Å². The van der Waals surface area contributed by atoms with Crippen LogP contribution >= 0.6 is 0 Å². The van der Waals surface area contributed by atoms with Gasteiger partial charge in [-0.3, -0.25) is 14.4 Å². The summed E-state index contributed by atoms with van der Waals surface area (Å²) in [6.07, 6.45) is -20.6. The molecule has 7 fully saturated rings. The van der Waals surface area contributed by atoms with E-state index in [2.05, 4.69) is 20.8 Å². The topological polar surface area (TPSA) is 309 Å². The van der Waals surface area contributed by atoms with Crippen molar-refractivity contribution in [2.24, 2.45) is 50.2 Å². The van der Waals surface area contributed by atoms with Crippen molar-refractivity contribution in [2.45, 2.75) is 205 Å². The quantitative estimate of drug-likeness (QED) is 0.109. The Morgan fingerprint density at radius 3 is 2.01 bits per heavy atom. The van der Waals surface area contributed by atoms with E-state index in [0.717, 1.165) is 18.4 Å². The Kier molecular flexibility index (Phi) is 13.5. The number of allylic oxidation sites excluding steroid dienone is 1. The number of fused-ring (bicyclic) bond motifs is 7. The fraction of sp³-hybridized carbons (Fsp3) is 0.896. The smallest absolute Gasteiger partial charge is 0.315 e. The van der Waals surface area contributed by atoms with Crippen molar-refractivity contribution in [3.8, 4) is 0 Å². The summed E-state index contributed by atoms with van der Waals surface area (Å²) in [5.74, 6) is -1.43. The summed E-state index contributed by atoms with van der Waals surface area (Å²) in [6.45, 7) is 14.4. The summed E-state index contributed by atoms with van der Waals surface area (Å²) in [4.78, 5) is 42.2. The van der Waals surface area contributed by atoms with Crippen molar-refractivity contribution in [3.63, 3.8) is 0 Å². The zero-order valence-corrected chi connectivity index (χ0v) is 39.8. The van der Waals surface area contributed by atoms with E-state index < -0.39 is 150 Å². The van der Waals surface area contributed by atoms with Gasteiger partial charge in [-0.15, -0.1) is 0 Å². The Morgan fingerprint density at radius 1 is 0.716 bits per heavy atom. The first-order valence-corrected chi connectivity index (χ1v) is 24.1. The van der Waals surface area contributed by atoms with Crippen molar-refractivity contribution in [3.05, 3.63) is 11.6 Å². The van der Waals surface area contributed by atoms with Crippen molar-refractivity contribution in [1.29, 1.82) is 0 Å². The molecule has 380 valence electrons. The van der Waals surface area contributed by atoms with Gasteiger partial charge in [0, 0.05) is 29.6 Å². The highest BCUT2D eigenvalue weighted by Crippen LogP contribution is 2.75. The average Bonchev–Trinajstić information content (AvgIpc) is 3.26. The molecule has 19 nitrogen and oxygen atoms in total. The average molecular weight is 955 g/mol. The van der Waals surface area contributed by atoms with Crippen molar-refractivity contribution in [1.82, 2.24) is 0 Å². The maximum atomic E-state index is 15.0. The molecule has 23 atom stereocenters. The SMILES string of the molecule is C[C@@H]1O[C@H](O[C@@H]2[C@@H](O)[C@H](O)[C@@H](OC[C@@H]3O[C@H](OC(=O)[C@@]45CC[C@]6(C)C(=C[C@@H](O)[C@@H]7[C@@]8(C)CCC(=O)C(C)(C)[C@@H]8CC[C@]76C)[C@@H]4CC(C)(C)C(=O)C5)[C@@H](O)[C@H](O)[C@H]3O)O[C@H]2CO)[C@@H](O)[C@H](O)[C@H]1O. The summed E-state index contributed by atoms with van der Waals surface area (Å²) in [7, 11) is 0. The zero-order chi connectivity index (χ0) is 49.3. The lowest BCUT2D eigenvalue weighted by molar-refractivity contribution is -0.361. The number of hydrogen-bond acceptors (Lipinski definition) is 19. The Labute approximate surface area is 390 Å². The number of aliphatic hydroxyl groups excluding tert-OH is 10. The minimum Gasteiger partial charge on any atom is -0.432 e. The van der Waals surface area contributed by atoms with E-state index in [1.165, 1.54) is 6.92 Å².